The third-order valence-corrected chi connectivity index (χ3v) is 4.90. The first-order valence-corrected chi connectivity index (χ1v) is 7.60. The minimum atomic E-state index is -0.890. The van der Waals surface area contributed by atoms with Gasteiger partial charge in [0.1, 0.15) is 0 Å². The molecule has 2 atom stereocenters. The van der Waals surface area contributed by atoms with E-state index >= 15 is 0 Å². The first kappa shape index (κ1) is 16.7. The van der Waals surface area contributed by atoms with Gasteiger partial charge in [-0.05, 0) is 5.41 Å². The highest BCUT2D eigenvalue weighted by atomic mass is 16.4. The van der Waals surface area contributed by atoms with E-state index in [2.05, 4.69) is 0 Å². The summed E-state index contributed by atoms with van der Waals surface area (Å²) in [6.07, 6.45) is 0. The van der Waals surface area contributed by atoms with Gasteiger partial charge in [0.2, 0.25) is 11.8 Å². The lowest BCUT2D eigenvalue weighted by Gasteiger charge is -2.35. The van der Waals surface area contributed by atoms with Crippen LogP contribution < -0.4 is 0 Å². The molecule has 2 aliphatic rings. The van der Waals surface area contributed by atoms with E-state index in [9.17, 15) is 19.5 Å². The molecule has 1 heterocycles. The highest BCUT2D eigenvalue weighted by molar-refractivity contribution is 5.91. The number of carbonyl (C=O) groups is 3. The number of carbonyl (C=O) groups excluding carboxylic acids is 2. The zero-order valence-electron chi connectivity index (χ0n) is 13.7. The molecule has 1 saturated heterocycles. The molecule has 0 unspecified atom stereocenters. The maximum atomic E-state index is 12.5. The van der Waals surface area contributed by atoms with Crippen molar-refractivity contribution in [2.45, 2.75) is 13.8 Å². The van der Waals surface area contributed by atoms with Crippen LogP contribution in [0.25, 0.3) is 0 Å². The Morgan fingerprint density at radius 3 is 2.05 bits per heavy atom. The number of piperazine rings is 1. The van der Waals surface area contributed by atoms with Crippen LogP contribution in [0.5, 0.6) is 0 Å². The zero-order chi connectivity index (χ0) is 16.7. The topological polar surface area (TPSA) is 81.2 Å². The molecule has 7 nitrogen and oxygen atoms in total. The maximum absolute atomic E-state index is 12.5. The Kier molecular flexibility index (Phi) is 4.47. The lowest BCUT2D eigenvalue weighted by molar-refractivity contribution is -0.142. The molecule has 0 spiro atoms. The van der Waals surface area contributed by atoms with Crippen molar-refractivity contribution in [3.63, 3.8) is 0 Å². The second-order valence-corrected chi connectivity index (χ2v) is 7.00. The van der Waals surface area contributed by atoms with Crippen LogP contribution in [0.2, 0.25) is 0 Å². The zero-order valence-corrected chi connectivity index (χ0v) is 13.7. The van der Waals surface area contributed by atoms with Gasteiger partial charge in [0.05, 0.1) is 18.4 Å². The smallest absolute Gasteiger partial charge is 0.307 e. The fourth-order valence-electron chi connectivity index (χ4n) is 3.22. The summed E-state index contributed by atoms with van der Waals surface area (Å²) < 4.78 is 0. The largest absolute Gasteiger partial charge is 0.481 e. The summed E-state index contributed by atoms with van der Waals surface area (Å²) in [7, 11) is 3.45. The van der Waals surface area contributed by atoms with E-state index in [1.54, 1.807) is 23.9 Å². The average molecular weight is 311 g/mol. The fourth-order valence-corrected chi connectivity index (χ4v) is 3.22. The SMILES string of the molecule is CN(C)C(=O)CN1CCN(C(=O)[C@H]2[C@@H](C(=O)O)C2(C)C)CC1. The Hall–Kier alpha value is -1.63. The van der Waals surface area contributed by atoms with Gasteiger partial charge >= 0.3 is 5.97 Å². The number of hydrogen-bond acceptors (Lipinski definition) is 4. The third-order valence-electron chi connectivity index (χ3n) is 4.90. The van der Waals surface area contributed by atoms with Crippen LogP contribution in [0.4, 0.5) is 0 Å². The van der Waals surface area contributed by atoms with Gasteiger partial charge < -0.3 is 14.9 Å². The summed E-state index contributed by atoms with van der Waals surface area (Å²) in [6.45, 7) is 6.44. The number of carboxylic acid groups (broad SMARTS) is 1. The molecule has 2 rings (SSSR count). The van der Waals surface area contributed by atoms with Crippen LogP contribution in [0.15, 0.2) is 0 Å². The van der Waals surface area contributed by atoms with Gasteiger partial charge in [0.25, 0.3) is 0 Å². The fraction of sp³-hybridized carbons (Fsp3) is 0.800. The molecule has 1 N–H and O–H groups in total. The summed E-state index contributed by atoms with van der Waals surface area (Å²) in [5.41, 5.74) is -0.457. The first-order chi connectivity index (χ1) is 10.2. The molecule has 0 aromatic rings. The van der Waals surface area contributed by atoms with E-state index < -0.39 is 23.2 Å². The van der Waals surface area contributed by atoms with Gasteiger partial charge in [-0.2, -0.15) is 0 Å². The number of likely N-dealkylation sites (N-methyl/N-ethyl adjacent to an activating group) is 1. The van der Waals surface area contributed by atoms with Crippen molar-refractivity contribution >= 4 is 17.8 Å². The molecular formula is C15H25N3O4. The van der Waals surface area contributed by atoms with Crippen molar-refractivity contribution in [3.05, 3.63) is 0 Å². The molecule has 1 aliphatic heterocycles. The molecule has 22 heavy (non-hydrogen) atoms. The van der Waals surface area contributed by atoms with Crippen LogP contribution >= 0.6 is 0 Å². The Balaban J connectivity index is 1.86. The second-order valence-electron chi connectivity index (χ2n) is 7.00. The van der Waals surface area contributed by atoms with Crippen molar-refractivity contribution in [1.82, 2.24) is 14.7 Å². The van der Waals surface area contributed by atoms with E-state index in [4.69, 9.17) is 0 Å². The molecule has 124 valence electrons. The van der Waals surface area contributed by atoms with E-state index in [0.717, 1.165) is 0 Å². The number of nitrogens with zero attached hydrogens (tertiary/aromatic N) is 3. The van der Waals surface area contributed by atoms with E-state index in [-0.39, 0.29) is 11.8 Å². The summed E-state index contributed by atoms with van der Waals surface area (Å²) in [4.78, 5) is 40.7. The monoisotopic (exact) mass is 311 g/mol. The molecule has 7 heteroatoms. The van der Waals surface area contributed by atoms with Crippen LogP contribution in [-0.4, -0.2) is 84.4 Å². The highest BCUT2D eigenvalue weighted by Crippen LogP contribution is 2.59. The molecule has 1 saturated carbocycles. The first-order valence-electron chi connectivity index (χ1n) is 7.60. The molecule has 1 aliphatic carbocycles. The number of carboxylic acids is 1. The predicted octanol–water partition coefficient (Wildman–Crippen LogP) is -0.424. The van der Waals surface area contributed by atoms with Crippen LogP contribution in [-0.2, 0) is 14.4 Å². The van der Waals surface area contributed by atoms with Gasteiger partial charge in [0.15, 0.2) is 0 Å². The molecule has 2 fully saturated rings. The lowest BCUT2D eigenvalue weighted by Crippen LogP contribution is -2.51. The molecular weight excluding hydrogens is 286 g/mol. The maximum Gasteiger partial charge on any atom is 0.307 e. The standard InChI is InChI=1S/C15H25N3O4/c1-15(2)11(12(15)14(21)22)13(20)18-7-5-17(6-8-18)9-10(19)16(3)4/h11-12H,5-9H2,1-4H3,(H,21,22)/t11-,12+/m1/s1. The highest BCUT2D eigenvalue weighted by Gasteiger charge is 2.66. The third kappa shape index (κ3) is 3.09. The number of aliphatic carboxylic acids is 1. The number of hydrogen-bond donors (Lipinski definition) is 1. The minimum absolute atomic E-state index is 0.0500. The van der Waals surface area contributed by atoms with Crippen molar-refractivity contribution < 1.29 is 19.5 Å². The average Bonchev–Trinajstić information content (AvgIpc) is 3.01. The summed E-state index contributed by atoms with van der Waals surface area (Å²) >= 11 is 0. The Morgan fingerprint density at radius 2 is 1.64 bits per heavy atom. The van der Waals surface area contributed by atoms with Gasteiger partial charge in [0, 0.05) is 40.3 Å². The molecule has 0 aromatic carbocycles. The summed E-state index contributed by atoms with van der Waals surface area (Å²) in [6, 6.07) is 0. The molecule has 2 amide bonds. The normalized spacial score (nSPS) is 27.4. The van der Waals surface area contributed by atoms with Crippen LogP contribution in [0, 0.1) is 17.3 Å². The van der Waals surface area contributed by atoms with Gasteiger partial charge in [-0.1, -0.05) is 13.8 Å². The van der Waals surface area contributed by atoms with Gasteiger partial charge in [-0.25, -0.2) is 0 Å². The number of rotatable bonds is 4. The summed E-state index contributed by atoms with van der Waals surface area (Å²) in [5.74, 6) is -1.89. The van der Waals surface area contributed by atoms with Crippen LogP contribution in [0.3, 0.4) is 0 Å². The van der Waals surface area contributed by atoms with Crippen molar-refractivity contribution in [2.24, 2.45) is 17.3 Å². The predicted molar refractivity (Wildman–Crippen MR) is 80.1 cm³/mol. The number of amides is 2. The van der Waals surface area contributed by atoms with Gasteiger partial charge in [-0.15, -0.1) is 0 Å². The van der Waals surface area contributed by atoms with E-state index in [1.807, 2.05) is 18.7 Å². The quantitative estimate of drug-likeness (QED) is 0.762. The van der Waals surface area contributed by atoms with E-state index in [1.165, 1.54) is 0 Å². The van der Waals surface area contributed by atoms with Crippen molar-refractivity contribution in [3.8, 4) is 0 Å². The molecule has 0 bridgehead atoms. The summed E-state index contributed by atoms with van der Waals surface area (Å²) in [5, 5.41) is 9.18. The molecule has 0 aromatic heterocycles. The van der Waals surface area contributed by atoms with Crippen LogP contribution in [0.1, 0.15) is 13.8 Å². The van der Waals surface area contributed by atoms with Gasteiger partial charge in [-0.3, -0.25) is 19.3 Å². The minimum Gasteiger partial charge on any atom is -0.481 e. The lowest BCUT2D eigenvalue weighted by atomic mass is 10.1. The van der Waals surface area contributed by atoms with E-state index in [0.29, 0.717) is 32.7 Å². The Morgan fingerprint density at radius 1 is 1.09 bits per heavy atom. The second kappa shape index (κ2) is 5.87. The Bertz CT molecular complexity index is 481. The Labute approximate surface area is 130 Å². The molecule has 0 radical (unpaired) electrons. The van der Waals surface area contributed by atoms with Crippen molar-refractivity contribution in [2.75, 3.05) is 46.8 Å². The van der Waals surface area contributed by atoms with Crippen molar-refractivity contribution in [1.29, 1.82) is 0 Å².